The Morgan fingerprint density at radius 2 is 1.68 bits per heavy atom. The van der Waals surface area contributed by atoms with Gasteiger partial charge in [-0.2, -0.15) is 0 Å². The number of Topliss-reactive ketones (excluding diaryl/α,β-unsaturated/α-hetero) is 1. The van der Waals surface area contributed by atoms with E-state index in [0.717, 1.165) is 12.0 Å². The minimum absolute atomic E-state index is 0.100. The van der Waals surface area contributed by atoms with Crippen molar-refractivity contribution in [2.75, 3.05) is 18.6 Å². The summed E-state index contributed by atoms with van der Waals surface area (Å²) in [4.78, 5) is 27.6. The SMILES string of the molecule is CCCOc1ccc(C2C(C(=O)CC(C)C)=C(O)C(=O)N2c2ccc(OC)cc2)cc1. The minimum Gasteiger partial charge on any atom is -0.503 e. The Kier molecular flexibility index (Phi) is 7.00. The van der Waals surface area contributed by atoms with Crippen LogP contribution in [0.15, 0.2) is 59.9 Å². The smallest absolute Gasteiger partial charge is 0.294 e. The molecule has 6 nitrogen and oxygen atoms in total. The molecule has 2 aromatic rings. The van der Waals surface area contributed by atoms with Crippen molar-refractivity contribution in [3.8, 4) is 11.5 Å². The van der Waals surface area contributed by atoms with E-state index in [1.54, 1.807) is 31.4 Å². The number of aliphatic hydroxyl groups is 1. The number of carbonyl (C=O) groups is 2. The highest BCUT2D eigenvalue weighted by molar-refractivity contribution is 6.16. The maximum Gasteiger partial charge on any atom is 0.294 e. The molecule has 0 bridgehead atoms. The molecule has 1 heterocycles. The van der Waals surface area contributed by atoms with Gasteiger partial charge >= 0.3 is 0 Å². The first-order valence-electron chi connectivity index (χ1n) is 10.5. The Bertz CT molecular complexity index is 960. The Morgan fingerprint density at radius 3 is 2.23 bits per heavy atom. The Balaban J connectivity index is 2.05. The number of hydrogen-bond donors (Lipinski definition) is 1. The van der Waals surface area contributed by atoms with Gasteiger partial charge in [-0.25, -0.2) is 0 Å². The molecule has 0 aliphatic carbocycles. The third-order valence-corrected chi connectivity index (χ3v) is 5.12. The number of hydrogen-bond acceptors (Lipinski definition) is 5. The lowest BCUT2D eigenvalue weighted by Crippen LogP contribution is -2.31. The zero-order valence-electron chi connectivity index (χ0n) is 18.4. The predicted octanol–water partition coefficient (Wildman–Crippen LogP) is 5.00. The first-order valence-corrected chi connectivity index (χ1v) is 10.5. The summed E-state index contributed by atoms with van der Waals surface area (Å²) in [5.74, 6) is 0.162. The van der Waals surface area contributed by atoms with E-state index in [4.69, 9.17) is 9.47 Å². The quantitative estimate of drug-likeness (QED) is 0.614. The van der Waals surface area contributed by atoms with Crippen LogP contribution in [-0.4, -0.2) is 30.5 Å². The van der Waals surface area contributed by atoms with E-state index in [2.05, 4.69) is 0 Å². The van der Waals surface area contributed by atoms with Gasteiger partial charge in [-0.15, -0.1) is 0 Å². The highest BCUT2D eigenvalue weighted by Crippen LogP contribution is 2.42. The van der Waals surface area contributed by atoms with Crippen LogP contribution in [0, 0.1) is 5.92 Å². The van der Waals surface area contributed by atoms with Gasteiger partial charge in [-0.05, 0) is 54.3 Å². The monoisotopic (exact) mass is 423 g/mol. The zero-order valence-corrected chi connectivity index (χ0v) is 18.4. The number of ketones is 1. The molecule has 1 amide bonds. The first kappa shape index (κ1) is 22.4. The van der Waals surface area contributed by atoms with Gasteiger partial charge in [-0.3, -0.25) is 14.5 Å². The number of anilines is 1. The van der Waals surface area contributed by atoms with Gasteiger partial charge in [-0.1, -0.05) is 32.9 Å². The number of benzene rings is 2. The van der Waals surface area contributed by atoms with Crippen molar-refractivity contribution < 1.29 is 24.2 Å². The van der Waals surface area contributed by atoms with E-state index >= 15 is 0 Å². The van der Waals surface area contributed by atoms with Crippen LogP contribution in [0.2, 0.25) is 0 Å². The maximum atomic E-state index is 13.1. The van der Waals surface area contributed by atoms with Crippen LogP contribution in [0.3, 0.4) is 0 Å². The van der Waals surface area contributed by atoms with Crippen molar-refractivity contribution in [3.05, 3.63) is 65.4 Å². The van der Waals surface area contributed by atoms with Gasteiger partial charge in [0.15, 0.2) is 11.5 Å². The number of aliphatic hydroxyl groups excluding tert-OH is 1. The van der Waals surface area contributed by atoms with Gasteiger partial charge in [0.25, 0.3) is 5.91 Å². The second kappa shape index (κ2) is 9.69. The van der Waals surface area contributed by atoms with Gasteiger partial charge in [0.1, 0.15) is 11.5 Å². The van der Waals surface area contributed by atoms with Crippen LogP contribution in [0.25, 0.3) is 0 Å². The molecule has 2 aromatic carbocycles. The molecule has 3 rings (SSSR count). The summed E-state index contributed by atoms with van der Waals surface area (Å²) in [7, 11) is 1.57. The van der Waals surface area contributed by atoms with Gasteiger partial charge in [0.05, 0.1) is 25.3 Å². The highest BCUT2D eigenvalue weighted by Gasteiger charge is 2.44. The van der Waals surface area contributed by atoms with Crippen molar-refractivity contribution in [1.29, 1.82) is 0 Å². The van der Waals surface area contributed by atoms with E-state index in [0.29, 0.717) is 23.8 Å². The van der Waals surface area contributed by atoms with Gasteiger partial charge in [0, 0.05) is 12.1 Å². The molecular weight excluding hydrogens is 394 g/mol. The van der Waals surface area contributed by atoms with Crippen LogP contribution < -0.4 is 14.4 Å². The molecule has 0 radical (unpaired) electrons. The second-order valence-electron chi connectivity index (χ2n) is 7.98. The van der Waals surface area contributed by atoms with E-state index in [1.165, 1.54) is 4.90 Å². The summed E-state index contributed by atoms with van der Waals surface area (Å²) in [5, 5.41) is 10.7. The number of methoxy groups -OCH3 is 1. The van der Waals surface area contributed by atoms with Gasteiger partial charge in [0.2, 0.25) is 0 Å². The molecule has 6 heteroatoms. The molecule has 0 aromatic heterocycles. The van der Waals surface area contributed by atoms with Crippen LogP contribution in [0.5, 0.6) is 11.5 Å². The maximum absolute atomic E-state index is 13.1. The van der Waals surface area contributed by atoms with Crippen molar-refractivity contribution >= 4 is 17.4 Å². The fourth-order valence-electron chi connectivity index (χ4n) is 3.66. The summed E-state index contributed by atoms with van der Waals surface area (Å²) in [6.07, 6.45) is 1.14. The molecule has 0 fully saturated rings. The minimum atomic E-state index is -0.715. The fraction of sp³-hybridized carbons (Fsp3) is 0.360. The fourth-order valence-corrected chi connectivity index (χ4v) is 3.66. The molecule has 1 unspecified atom stereocenters. The van der Waals surface area contributed by atoms with Crippen LogP contribution in [0.1, 0.15) is 45.2 Å². The van der Waals surface area contributed by atoms with Crippen LogP contribution >= 0.6 is 0 Å². The molecule has 164 valence electrons. The molecule has 0 saturated carbocycles. The lowest BCUT2D eigenvalue weighted by atomic mass is 9.92. The van der Waals surface area contributed by atoms with Crippen molar-refractivity contribution in [3.63, 3.8) is 0 Å². The molecule has 31 heavy (non-hydrogen) atoms. The molecule has 0 spiro atoms. The van der Waals surface area contributed by atoms with Crippen LogP contribution in [0.4, 0.5) is 5.69 Å². The number of rotatable bonds is 9. The van der Waals surface area contributed by atoms with Crippen LogP contribution in [-0.2, 0) is 9.59 Å². The number of carbonyl (C=O) groups excluding carboxylic acids is 2. The van der Waals surface area contributed by atoms with E-state index in [9.17, 15) is 14.7 Å². The zero-order chi connectivity index (χ0) is 22.5. The van der Waals surface area contributed by atoms with Gasteiger partial charge < -0.3 is 14.6 Å². The largest absolute Gasteiger partial charge is 0.503 e. The van der Waals surface area contributed by atoms with E-state index < -0.39 is 17.7 Å². The molecular formula is C25H29NO5. The van der Waals surface area contributed by atoms with Crippen molar-refractivity contribution in [2.45, 2.75) is 39.7 Å². The highest BCUT2D eigenvalue weighted by atomic mass is 16.5. The topological polar surface area (TPSA) is 76.1 Å². The van der Waals surface area contributed by atoms with Crippen molar-refractivity contribution in [2.24, 2.45) is 5.92 Å². The lowest BCUT2D eigenvalue weighted by molar-refractivity contribution is -0.118. The number of nitrogens with zero attached hydrogens (tertiary/aromatic N) is 1. The molecule has 1 aliphatic rings. The normalized spacial score (nSPS) is 16.2. The molecule has 0 saturated heterocycles. The molecule has 1 atom stereocenters. The third-order valence-electron chi connectivity index (χ3n) is 5.12. The lowest BCUT2D eigenvalue weighted by Gasteiger charge is -2.27. The molecule has 1 N–H and O–H groups in total. The number of ether oxygens (including phenoxy) is 2. The summed E-state index contributed by atoms with van der Waals surface area (Å²) in [6, 6.07) is 13.6. The number of amides is 1. The molecule has 1 aliphatic heterocycles. The van der Waals surface area contributed by atoms with Crippen molar-refractivity contribution in [1.82, 2.24) is 0 Å². The van der Waals surface area contributed by atoms with E-state index in [-0.39, 0.29) is 23.7 Å². The summed E-state index contributed by atoms with van der Waals surface area (Å²) >= 11 is 0. The summed E-state index contributed by atoms with van der Waals surface area (Å²) in [6.45, 7) is 6.51. The Morgan fingerprint density at radius 1 is 1.06 bits per heavy atom. The summed E-state index contributed by atoms with van der Waals surface area (Å²) in [5.41, 5.74) is 1.43. The van der Waals surface area contributed by atoms with E-state index in [1.807, 2.05) is 45.0 Å². The second-order valence-corrected chi connectivity index (χ2v) is 7.98. The first-order chi connectivity index (χ1) is 14.9. The standard InChI is InChI=1S/C25H29NO5/c1-5-14-31-20-10-6-17(7-11-20)23-22(21(27)15-16(2)3)24(28)25(29)26(23)18-8-12-19(30-4)13-9-18/h6-13,16,23,28H,5,14-15H2,1-4H3. The average molecular weight is 424 g/mol. The summed E-state index contributed by atoms with van der Waals surface area (Å²) < 4.78 is 10.9. The average Bonchev–Trinajstić information content (AvgIpc) is 3.03. The predicted molar refractivity (Wildman–Crippen MR) is 120 cm³/mol. The Labute approximate surface area is 183 Å². The Hall–Kier alpha value is -3.28. The third kappa shape index (κ3) is 4.74.